The number of hydrogen-bond acceptors (Lipinski definition) is 2. The lowest BCUT2D eigenvalue weighted by Gasteiger charge is -2.36. The minimum absolute atomic E-state index is 0.820. The number of anilines is 1. The van der Waals surface area contributed by atoms with Gasteiger partial charge in [-0.15, -0.1) is 0 Å². The smallest absolute Gasteiger partial charge is 0.173 e. The number of para-hydroxylation sites is 1. The second-order valence-electron chi connectivity index (χ2n) is 6.70. The van der Waals surface area contributed by atoms with E-state index in [1.165, 1.54) is 16.3 Å². The highest BCUT2D eigenvalue weighted by atomic mass is 32.1. The van der Waals surface area contributed by atoms with Gasteiger partial charge in [-0.1, -0.05) is 60.7 Å². The number of hydrogen-bond donors (Lipinski definition) is 1. The van der Waals surface area contributed by atoms with E-state index in [2.05, 4.69) is 57.6 Å². The van der Waals surface area contributed by atoms with Crippen LogP contribution in [0.4, 0.5) is 5.69 Å². The van der Waals surface area contributed by atoms with Crippen LogP contribution in [0.5, 0.6) is 0 Å². The third kappa shape index (κ3) is 3.87. The van der Waals surface area contributed by atoms with Crippen molar-refractivity contribution < 1.29 is 0 Å². The van der Waals surface area contributed by atoms with Crippen LogP contribution in [0.1, 0.15) is 5.56 Å². The first-order valence-corrected chi connectivity index (χ1v) is 9.50. The summed E-state index contributed by atoms with van der Waals surface area (Å²) in [7, 11) is 0. The van der Waals surface area contributed by atoms with Crippen molar-refractivity contribution in [1.29, 1.82) is 0 Å². The van der Waals surface area contributed by atoms with E-state index < -0.39 is 0 Å². The normalized spacial score (nSPS) is 15.2. The lowest BCUT2D eigenvalue weighted by atomic mass is 10.0. The Morgan fingerprint density at radius 3 is 2.31 bits per heavy atom. The Morgan fingerprint density at radius 1 is 0.808 bits per heavy atom. The SMILES string of the molecule is S=C(Nc1ccccc1)N1CCN(Cc2cccc3ccccc23)CC1. The van der Waals surface area contributed by atoms with Gasteiger partial charge in [-0.05, 0) is 40.7 Å². The number of nitrogens with one attached hydrogen (secondary N) is 1. The van der Waals surface area contributed by atoms with Crippen LogP contribution in [0.2, 0.25) is 0 Å². The molecule has 1 aliphatic rings. The quantitative estimate of drug-likeness (QED) is 0.699. The minimum atomic E-state index is 0.820. The summed E-state index contributed by atoms with van der Waals surface area (Å²) in [4.78, 5) is 4.78. The molecule has 1 N–H and O–H groups in total. The highest BCUT2D eigenvalue weighted by Crippen LogP contribution is 2.20. The summed E-state index contributed by atoms with van der Waals surface area (Å²) in [5.41, 5.74) is 2.46. The van der Waals surface area contributed by atoms with E-state index in [-0.39, 0.29) is 0 Å². The highest BCUT2D eigenvalue weighted by molar-refractivity contribution is 7.80. The number of piperazine rings is 1. The molecule has 0 unspecified atom stereocenters. The maximum atomic E-state index is 5.58. The molecule has 132 valence electrons. The molecule has 0 amide bonds. The molecule has 4 rings (SSSR count). The first kappa shape index (κ1) is 17.0. The number of benzene rings is 3. The summed E-state index contributed by atoms with van der Waals surface area (Å²) >= 11 is 5.58. The second kappa shape index (κ2) is 7.85. The highest BCUT2D eigenvalue weighted by Gasteiger charge is 2.19. The van der Waals surface area contributed by atoms with E-state index in [0.29, 0.717) is 0 Å². The summed E-state index contributed by atoms with van der Waals surface area (Å²) in [5.74, 6) is 0. The summed E-state index contributed by atoms with van der Waals surface area (Å²) in [6.07, 6.45) is 0. The van der Waals surface area contributed by atoms with Crippen LogP contribution in [0.15, 0.2) is 72.8 Å². The Balaban J connectivity index is 1.35. The molecule has 0 radical (unpaired) electrons. The molecule has 4 heteroatoms. The van der Waals surface area contributed by atoms with Crippen LogP contribution in [-0.2, 0) is 6.54 Å². The van der Waals surface area contributed by atoms with Crippen molar-refractivity contribution in [2.75, 3.05) is 31.5 Å². The number of rotatable bonds is 3. The monoisotopic (exact) mass is 361 g/mol. The average Bonchev–Trinajstić information content (AvgIpc) is 2.70. The van der Waals surface area contributed by atoms with Gasteiger partial charge in [0, 0.05) is 38.4 Å². The lowest BCUT2D eigenvalue weighted by Crippen LogP contribution is -2.49. The molecule has 3 aromatic carbocycles. The zero-order chi connectivity index (χ0) is 17.8. The van der Waals surface area contributed by atoms with E-state index in [4.69, 9.17) is 12.2 Å². The molecule has 1 fully saturated rings. The van der Waals surface area contributed by atoms with Gasteiger partial charge in [-0.2, -0.15) is 0 Å². The Bertz CT molecular complexity index is 881. The molecule has 0 atom stereocenters. The molecule has 0 bridgehead atoms. The van der Waals surface area contributed by atoms with Gasteiger partial charge in [-0.3, -0.25) is 4.90 Å². The maximum absolute atomic E-state index is 5.58. The van der Waals surface area contributed by atoms with Crippen LogP contribution in [0.25, 0.3) is 10.8 Å². The van der Waals surface area contributed by atoms with E-state index in [1.54, 1.807) is 0 Å². The third-order valence-electron chi connectivity index (χ3n) is 4.96. The van der Waals surface area contributed by atoms with E-state index in [0.717, 1.165) is 43.5 Å². The van der Waals surface area contributed by atoms with Gasteiger partial charge in [-0.25, -0.2) is 0 Å². The summed E-state index contributed by atoms with van der Waals surface area (Å²) < 4.78 is 0. The fourth-order valence-corrected chi connectivity index (χ4v) is 3.80. The first-order valence-electron chi connectivity index (χ1n) is 9.09. The maximum Gasteiger partial charge on any atom is 0.173 e. The van der Waals surface area contributed by atoms with Gasteiger partial charge >= 0.3 is 0 Å². The van der Waals surface area contributed by atoms with Gasteiger partial charge in [0.15, 0.2) is 5.11 Å². The van der Waals surface area contributed by atoms with Crippen LogP contribution in [-0.4, -0.2) is 41.1 Å². The van der Waals surface area contributed by atoms with Crippen molar-refractivity contribution in [1.82, 2.24) is 9.80 Å². The van der Waals surface area contributed by atoms with Gasteiger partial charge in [0.1, 0.15) is 0 Å². The molecule has 0 spiro atoms. The van der Waals surface area contributed by atoms with Crippen LogP contribution >= 0.6 is 12.2 Å². The summed E-state index contributed by atoms with van der Waals surface area (Å²) in [6, 6.07) is 25.4. The molecular formula is C22H23N3S. The predicted molar refractivity (Wildman–Crippen MR) is 113 cm³/mol. The molecule has 0 aromatic heterocycles. The second-order valence-corrected chi connectivity index (χ2v) is 7.08. The molecule has 0 aliphatic carbocycles. The van der Waals surface area contributed by atoms with E-state index in [9.17, 15) is 0 Å². The number of fused-ring (bicyclic) bond motifs is 1. The topological polar surface area (TPSA) is 18.5 Å². The minimum Gasteiger partial charge on any atom is -0.346 e. The number of nitrogens with zero attached hydrogens (tertiary/aromatic N) is 2. The molecule has 1 aliphatic heterocycles. The summed E-state index contributed by atoms with van der Waals surface area (Å²) in [5, 5.41) is 6.84. The molecule has 1 saturated heterocycles. The van der Waals surface area contributed by atoms with E-state index in [1.807, 2.05) is 30.3 Å². The largest absolute Gasteiger partial charge is 0.346 e. The Hall–Kier alpha value is -2.43. The van der Waals surface area contributed by atoms with Crippen molar-refractivity contribution in [3.63, 3.8) is 0 Å². The van der Waals surface area contributed by atoms with Crippen molar-refractivity contribution in [3.05, 3.63) is 78.4 Å². The Kier molecular flexibility index (Phi) is 5.14. The van der Waals surface area contributed by atoms with Gasteiger partial charge < -0.3 is 10.2 Å². The predicted octanol–water partition coefficient (Wildman–Crippen LogP) is 4.35. The summed E-state index contributed by atoms with van der Waals surface area (Å²) in [6.45, 7) is 4.97. The Morgan fingerprint density at radius 2 is 1.50 bits per heavy atom. The number of thiocarbonyl (C=S) groups is 1. The standard InChI is InChI=1S/C22H23N3S/c26-22(23-20-10-2-1-3-11-20)25-15-13-24(14-16-25)17-19-9-6-8-18-7-4-5-12-21(18)19/h1-12H,13-17H2,(H,23,26). The zero-order valence-electron chi connectivity index (χ0n) is 14.8. The first-order chi connectivity index (χ1) is 12.8. The van der Waals surface area contributed by atoms with Crippen LogP contribution < -0.4 is 5.32 Å². The van der Waals surface area contributed by atoms with Crippen molar-refractivity contribution in [2.24, 2.45) is 0 Å². The fraction of sp³-hybridized carbons (Fsp3) is 0.227. The van der Waals surface area contributed by atoms with Crippen LogP contribution in [0.3, 0.4) is 0 Å². The third-order valence-corrected chi connectivity index (χ3v) is 5.32. The van der Waals surface area contributed by atoms with Gasteiger partial charge in [0.05, 0.1) is 0 Å². The van der Waals surface area contributed by atoms with E-state index >= 15 is 0 Å². The molecule has 1 heterocycles. The van der Waals surface area contributed by atoms with Gasteiger partial charge in [0.2, 0.25) is 0 Å². The fourth-order valence-electron chi connectivity index (χ4n) is 3.50. The van der Waals surface area contributed by atoms with Crippen LogP contribution in [0, 0.1) is 0 Å². The van der Waals surface area contributed by atoms with Crippen molar-refractivity contribution in [3.8, 4) is 0 Å². The average molecular weight is 362 g/mol. The lowest BCUT2D eigenvalue weighted by molar-refractivity contribution is 0.177. The van der Waals surface area contributed by atoms with Crippen molar-refractivity contribution >= 4 is 33.8 Å². The molecule has 26 heavy (non-hydrogen) atoms. The molecule has 0 saturated carbocycles. The molecule has 3 aromatic rings. The van der Waals surface area contributed by atoms with Crippen molar-refractivity contribution in [2.45, 2.75) is 6.54 Å². The molecule has 3 nitrogen and oxygen atoms in total. The molecular weight excluding hydrogens is 338 g/mol. The zero-order valence-corrected chi connectivity index (χ0v) is 15.6. The Labute approximate surface area is 160 Å². The van der Waals surface area contributed by atoms with Gasteiger partial charge in [0.25, 0.3) is 0 Å².